The van der Waals surface area contributed by atoms with Crippen molar-refractivity contribution in [1.29, 1.82) is 0 Å². The molecule has 4 atom stereocenters. The Bertz CT molecular complexity index is 1160. The maximum Gasteiger partial charge on any atom is 0.145 e. The molecule has 0 amide bonds. The van der Waals surface area contributed by atoms with E-state index in [2.05, 4.69) is 83.9 Å². The number of allylic oxidation sites excluding steroid dienone is 1. The highest BCUT2D eigenvalue weighted by molar-refractivity contribution is 14.1. The number of nitrogens with zero attached hydrogens (tertiary/aromatic N) is 6. The van der Waals surface area contributed by atoms with Crippen molar-refractivity contribution in [2.24, 2.45) is 13.0 Å². The number of aromatic nitrogens is 5. The minimum atomic E-state index is -0.438. The zero-order chi connectivity index (χ0) is 25.7. The molecular formula is C26H39IN8O. The largest absolute Gasteiger partial charge is 0.390 e. The van der Waals surface area contributed by atoms with Crippen LogP contribution in [0.3, 0.4) is 0 Å². The fourth-order valence-corrected chi connectivity index (χ4v) is 6.09. The van der Waals surface area contributed by atoms with Gasteiger partial charge in [0.25, 0.3) is 0 Å². The fraction of sp³-hybridized carbons (Fsp3) is 0.577. The predicted octanol–water partition coefficient (Wildman–Crippen LogP) is 3.77. The normalized spacial score (nSPS) is 22.4. The van der Waals surface area contributed by atoms with Crippen molar-refractivity contribution in [3.05, 3.63) is 42.6 Å². The highest BCUT2D eigenvalue weighted by atomic mass is 127. The number of rotatable bonds is 12. The predicted molar refractivity (Wildman–Crippen MR) is 155 cm³/mol. The molecule has 1 saturated carbocycles. The first-order valence-corrected chi connectivity index (χ1v) is 14.0. The molecule has 1 aliphatic rings. The Kier molecular flexibility index (Phi) is 9.24. The van der Waals surface area contributed by atoms with Crippen molar-refractivity contribution < 1.29 is 5.11 Å². The third-order valence-corrected chi connectivity index (χ3v) is 9.05. The second-order valence-corrected chi connectivity index (χ2v) is 11.2. The van der Waals surface area contributed by atoms with Crippen molar-refractivity contribution in [2.75, 3.05) is 43.4 Å². The molecule has 1 fully saturated rings. The average Bonchev–Trinajstić information content (AvgIpc) is 3.58. The number of aliphatic hydroxyl groups excluding tert-OH is 1. The van der Waals surface area contributed by atoms with Gasteiger partial charge >= 0.3 is 0 Å². The Labute approximate surface area is 227 Å². The Hall–Kier alpha value is -2.18. The number of nitrogens with one attached hydrogen (secondary N) is 2. The van der Waals surface area contributed by atoms with Gasteiger partial charge in [-0.2, -0.15) is 5.10 Å². The molecule has 196 valence electrons. The third kappa shape index (κ3) is 6.03. The molecule has 0 bridgehead atoms. The van der Waals surface area contributed by atoms with E-state index in [0.29, 0.717) is 5.92 Å². The van der Waals surface area contributed by atoms with E-state index in [1.54, 1.807) is 6.33 Å². The third-order valence-electron chi connectivity index (χ3n) is 7.30. The Balaban J connectivity index is 1.43. The number of aryl methyl sites for hydroxylation is 1. The molecule has 1 aliphatic carbocycles. The van der Waals surface area contributed by atoms with Gasteiger partial charge in [0, 0.05) is 43.5 Å². The highest BCUT2D eigenvalue weighted by Crippen LogP contribution is 2.42. The van der Waals surface area contributed by atoms with Crippen LogP contribution >= 0.6 is 22.6 Å². The Morgan fingerprint density at radius 2 is 2.17 bits per heavy atom. The smallest absolute Gasteiger partial charge is 0.145 e. The van der Waals surface area contributed by atoms with E-state index in [0.717, 1.165) is 68.0 Å². The molecule has 0 radical (unpaired) electrons. The molecule has 36 heavy (non-hydrogen) atoms. The summed E-state index contributed by atoms with van der Waals surface area (Å²) in [5.41, 5.74) is 3.43. The SMILES string of the molecule is C/C=C(\C)CCNCCCN(C[C@H]1C[C@@H](n2ccc3c(NC)ncnc32)[C@H](O)[C@@H]1I)c1cnn(C)c1. The zero-order valence-corrected chi connectivity index (χ0v) is 23.9. The van der Waals surface area contributed by atoms with E-state index in [1.165, 1.54) is 5.57 Å². The summed E-state index contributed by atoms with van der Waals surface area (Å²) in [6.45, 7) is 8.11. The van der Waals surface area contributed by atoms with Gasteiger partial charge in [0.2, 0.25) is 0 Å². The van der Waals surface area contributed by atoms with Crippen molar-refractivity contribution in [3.63, 3.8) is 0 Å². The number of hydrogen-bond acceptors (Lipinski definition) is 7. The van der Waals surface area contributed by atoms with Crippen LogP contribution in [0.1, 0.15) is 39.2 Å². The molecule has 0 spiro atoms. The molecule has 9 nitrogen and oxygen atoms in total. The summed E-state index contributed by atoms with van der Waals surface area (Å²) < 4.78 is 4.15. The summed E-state index contributed by atoms with van der Waals surface area (Å²) in [6, 6.07) is 2.03. The molecule has 0 aromatic carbocycles. The van der Waals surface area contributed by atoms with Gasteiger partial charge in [0.05, 0.1) is 29.4 Å². The lowest BCUT2D eigenvalue weighted by molar-refractivity contribution is 0.144. The maximum absolute atomic E-state index is 11.3. The minimum absolute atomic E-state index is 0.0127. The van der Waals surface area contributed by atoms with Crippen LogP contribution in [0.2, 0.25) is 0 Å². The van der Waals surface area contributed by atoms with Gasteiger partial charge < -0.3 is 25.2 Å². The lowest BCUT2D eigenvalue weighted by Gasteiger charge is -2.28. The lowest BCUT2D eigenvalue weighted by Crippen LogP contribution is -2.35. The van der Waals surface area contributed by atoms with Crippen LogP contribution in [0, 0.1) is 5.92 Å². The fourth-order valence-electron chi connectivity index (χ4n) is 5.09. The average molecular weight is 607 g/mol. The van der Waals surface area contributed by atoms with Crippen LogP contribution < -0.4 is 15.5 Å². The van der Waals surface area contributed by atoms with Gasteiger partial charge in [0.15, 0.2) is 0 Å². The molecule has 3 N–H and O–H groups in total. The van der Waals surface area contributed by atoms with Crippen LogP contribution in [0.5, 0.6) is 0 Å². The van der Waals surface area contributed by atoms with Gasteiger partial charge in [-0.05, 0) is 58.2 Å². The lowest BCUT2D eigenvalue weighted by atomic mass is 10.1. The monoisotopic (exact) mass is 606 g/mol. The summed E-state index contributed by atoms with van der Waals surface area (Å²) in [6.07, 6.45) is 12.4. The Morgan fingerprint density at radius 3 is 2.89 bits per heavy atom. The second kappa shape index (κ2) is 12.4. The van der Waals surface area contributed by atoms with Gasteiger partial charge in [-0.25, -0.2) is 9.97 Å². The van der Waals surface area contributed by atoms with Gasteiger partial charge in [-0.1, -0.05) is 34.2 Å². The summed E-state index contributed by atoms with van der Waals surface area (Å²) in [7, 11) is 3.83. The Morgan fingerprint density at radius 1 is 1.33 bits per heavy atom. The highest BCUT2D eigenvalue weighted by Gasteiger charge is 2.43. The van der Waals surface area contributed by atoms with E-state index in [1.807, 2.05) is 37.2 Å². The van der Waals surface area contributed by atoms with E-state index >= 15 is 0 Å². The molecule has 3 heterocycles. The molecule has 4 rings (SSSR count). The molecule has 10 heteroatoms. The molecule has 3 aromatic rings. The van der Waals surface area contributed by atoms with Crippen LogP contribution in [-0.4, -0.2) is 72.7 Å². The molecule has 0 aliphatic heterocycles. The van der Waals surface area contributed by atoms with Crippen molar-refractivity contribution in [1.82, 2.24) is 29.6 Å². The van der Waals surface area contributed by atoms with Crippen LogP contribution in [-0.2, 0) is 7.05 Å². The summed E-state index contributed by atoms with van der Waals surface area (Å²) in [5, 5.41) is 23.4. The number of anilines is 2. The van der Waals surface area contributed by atoms with E-state index < -0.39 is 6.10 Å². The van der Waals surface area contributed by atoms with Gasteiger partial charge in [-0.3, -0.25) is 4.68 Å². The first kappa shape index (κ1) is 26.9. The van der Waals surface area contributed by atoms with Crippen LogP contribution in [0.4, 0.5) is 11.5 Å². The van der Waals surface area contributed by atoms with Crippen LogP contribution in [0.25, 0.3) is 11.0 Å². The minimum Gasteiger partial charge on any atom is -0.390 e. The van der Waals surface area contributed by atoms with Crippen molar-refractivity contribution in [3.8, 4) is 0 Å². The second-order valence-electron chi connectivity index (χ2n) is 9.74. The quantitative estimate of drug-likeness (QED) is 0.125. The van der Waals surface area contributed by atoms with Crippen LogP contribution in [0.15, 0.2) is 42.6 Å². The van der Waals surface area contributed by atoms with E-state index in [-0.39, 0.29) is 9.97 Å². The summed E-state index contributed by atoms with van der Waals surface area (Å²) in [5.74, 6) is 1.16. The number of aliphatic hydroxyl groups is 1. The molecule has 0 saturated heterocycles. The molecule has 3 aromatic heterocycles. The zero-order valence-electron chi connectivity index (χ0n) is 21.7. The number of alkyl halides is 1. The van der Waals surface area contributed by atoms with Crippen molar-refractivity contribution in [2.45, 2.75) is 49.2 Å². The number of hydrogen-bond donors (Lipinski definition) is 3. The maximum atomic E-state index is 11.3. The van der Waals surface area contributed by atoms with Crippen molar-refractivity contribution >= 4 is 45.1 Å². The molecule has 0 unspecified atom stereocenters. The van der Waals surface area contributed by atoms with Gasteiger partial charge in [-0.15, -0.1) is 0 Å². The summed E-state index contributed by atoms with van der Waals surface area (Å²) in [4.78, 5) is 11.3. The topological polar surface area (TPSA) is 96.1 Å². The standard InChI is InChI=1S/C26H39IN8O/c1-5-18(2)7-10-29-9-6-11-34(20-14-32-33(4)16-20)15-19-13-22(24(36)23(19)27)35-12-8-21-25(28-3)30-17-31-26(21)35/h5,8,12,14,16-17,19,22-24,29,36H,6-7,9-11,13,15H2,1-4H3,(H,28,30,31)/b18-5+/t19-,22-,23-,24+/m1/s1. The van der Waals surface area contributed by atoms with E-state index in [4.69, 9.17) is 0 Å². The first-order valence-electron chi connectivity index (χ1n) is 12.8. The first-order chi connectivity index (χ1) is 17.4. The molecular weight excluding hydrogens is 567 g/mol. The summed E-state index contributed by atoms with van der Waals surface area (Å²) >= 11 is 2.45. The number of halogens is 1. The number of fused-ring (bicyclic) bond motifs is 1. The van der Waals surface area contributed by atoms with E-state index in [9.17, 15) is 5.11 Å². The van der Waals surface area contributed by atoms with Gasteiger partial charge in [0.1, 0.15) is 17.8 Å².